The lowest BCUT2D eigenvalue weighted by Crippen LogP contribution is -2.29. The molecule has 0 aliphatic heterocycles. The van der Waals surface area contributed by atoms with Gasteiger partial charge in [-0.25, -0.2) is 0 Å². The zero-order chi connectivity index (χ0) is 13.5. The molecule has 0 aliphatic carbocycles. The molecule has 0 aromatic carbocycles. The number of aryl methyl sites for hydroxylation is 1. The van der Waals surface area contributed by atoms with Gasteiger partial charge in [-0.3, -0.25) is 9.59 Å². The van der Waals surface area contributed by atoms with Gasteiger partial charge in [0.15, 0.2) is 0 Å². The minimum Gasteiger partial charge on any atom is -0.325 e. The van der Waals surface area contributed by atoms with Crippen molar-refractivity contribution in [3.63, 3.8) is 0 Å². The summed E-state index contributed by atoms with van der Waals surface area (Å²) in [4.78, 5) is 23.3. The first-order valence-electron chi connectivity index (χ1n) is 6.24. The topological polar surface area (TPSA) is 63.1 Å². The fourth-order valence-corrected chi connectivity index (χ4v) is 1.69. The normalized spacial score (nSPS) is 12.2. The lowest BCUT2D eigenvalue weighted by molar-refractivity contribution is -0.119. The quantitative estimate of drug-likeness (QED) is 0.794. The highest BCUT2D eigenvalue weighted by Crippen LogP contribution is 2.06. The molecule has 0 saturated heterocycles. The van der Waals surface area contributed by atoms with E-state index in [9.17, 15) is 9.59 Å². The molecule has 0 fully saturated rings. The summed E-state index contributed by atoms with van der Waals surface area (Å²) in [6.07, 6.45) is 2.57. The van der Waals surface area contributed by atoms with Gasteiger partial charge in [0.25, 0.3) is 5.56 Å². The first-order valence-corrected chi connectivity index (χ1v) is 6.24. The van der Waals surface area contributed by atoms with Crippen molar-refractivity contribution < 1.29 is 4.79 Å². The van der Waals surface area contributed by atoms with E-state index in [2.05, 4.69) is 10.6 Å². The number of hydrogen-bond donors (Lipinski definition) is 2. The summed E-state index contributed by atoms with van der Waals surface area (Å²) in [5.41, 5.74) is 0.620. The molecule has 5 heteroatoms. The van der Waals surface area contributed by atoms with Crippen molar-refractivity contribution in [2.75, 3.05) is 18.9 Å². The van der Waals surface area contributed by atoms with Crippen LogP contribution in [0.5, 0.6) is 0 Å². The van der Waals surface area contributed by atoms with Crippen LogP contribution in [0.15, 0.2) is 23.1 Å². The zero-order valence-corrected chi connectivity index (χ0v) is 11.2. The molecule has 0 spiro atoms. The Morgan fingerprint density at radius 2 is 2.17 bits per heavy atom. The van der Waals surface area contributed by atoms with Gasteiger partial charge >= 0.3 is 0 Å². The Bertz CT molecular complexity index is 454. The van der Waals surface area contributed by atoms with E-state index < -0.39 is 0 Å². The average Bonchev–Trinajstić information content (AvgIpc) is 2.34. The lowest BCUT2D eigenvalue weighted by Gasteiger charge is -2.12. The highest BCUT2D eigenvalue weighted by molar-refractivity contribution is 5.92. The first-order chi connectivity index (χ1) is 8.58. The van der Waals surface area contributed by atoms with Gasteiger partial charge in [0.2, 0.25) is 5.91 Å². The van der Waals surface area contributed by atoms with Gasteiger partial charge in [-0.2, -0.15) is 0 Å². The Morgan fingerprint density at radius 3 is 2.78 bits per heavy atom. The monoisotopic (exact) mass is 251 g/mol. The molecule has 5 nitrogen and oxygen atoms in total. The molecular formula is C13H21N3O2. The molecule has 100 valence electrons. The largest absolute Gasteiger partial charge is 0.325 e. The van der Waals surface area contributed by atoms with E-state index in [1.807, 2.05) is 20.9 Å². The van der Waals surface area contributed by atoms with Gasteiger partial charge in [-0.1, -0.05) is 13.8 Å². The van der Waals surface area contributed by atoms with Crippen LogP contribution in [0.2, 0.25) is 0 Å². The van der Waals surface area contributed by atoms with Crippen LogP contribution in [-0.4, -0.2) is 24.1 Å². The average molecular weight is 251 g/mol. The van der Waals surface area contributed by atoms with Gasteiger partial charge in [-0.05, 0) is 19.5 Å². The van der Waals surface area contributed by atoms with E-state index in [1.54, 1.807) is 16.8 Å². The Kier molecular flexibility index (Phi) is 5.58. The number of aromatic nitrogens is 1. The van der Waals surface area contributed by atoms with Crippen LogP contribution in [-0.2, 0) is 11.3 Å². The third kappa shape index (κ3) is 4.00. The van der Waals surface area contributed by atoms with E-state index >= 15 is 0 Å². The molecule has 0 aliphatic rings. The molecule has 0 saturated carbocycles. The number of nitrogens with zero attached hydrogens (tertiary/aromatic N) is 1. The highest BCUT2D eigenvalue weighted by Gasteiger charge is 2.12. The number of anilines is 1. The maximum atomic E-state index is 11.8. The van der Waals surface area contributed by atoms with Gasteiger partial charge in [0.1, 0.15) is 0 Å². The van der Waals surface area contributed by atoms with Gasteiger partial charge < -0.3 is 15.2 Å². The Balaban J connectivity index is 2.76. The molecule has 2 N–H and O–H groups in total. The summed E-state index contributed by atoms with van der Waals surface area (Å²) < 4.78 is 1.61. The highest BCUT2D eigenvalue weighted by atomic mass is 16.2. The molecule has 1 atom stereocenters. The second-order valence-electron chi connectivity index (χ2n) is 4.40. The molecule has 1 unspecified atom stereocenters. The Hall–Kier alpha value is -1.62. The molecule has 18 heavy (non-hydrogen) atoms. The Labute approximate surface area is 107 Å². The number of rotatable bonds is 6. The molecule has 1 rings (SSSR count). The minimum atomic E-state index is -0.110. The predicted molar refractivity (Wildman–Crippen MR) is 72.7 cm³/mol. The molecule has 1 amide bonds. The molecule has 1 aromatic heterocycles. The summed E-state index contributed by atoms with van der Waals surface area (Å²) in [6.45, 7) is 5.15. The van der Waals surface area contributed by atoms with E-state index in [1.165, 1.54) is 6.07 Å². The van der Waals surface area contributed by atoms with Crippen LogP contribution in [0.4, 0.5) is 5.69 Å². The number of amides is 1. The third-order valence-electron chi connectivity index (χ3n) is 2.67. The summed E-state index contributed by atoms with van der Waals surface area (Å²) in [7, 11) is 1.81. The summed E-state index contributed by atoms with van der Waals surface area (Å²) in [5.74, 6) is -0.160. The second-order valence-corrected chi connectivity index (χ2v) is 4.40. The fourth-order valence-electron chi connectivity index (χ4n) is 1.69. The zero-order valence-electron chi connectivity index (χ0n) is 11.2. The molecule has 0 radical (unpaired) electrons. The van der Waals surface area contributed by atoms with E-state index in [4.69, 9.17) is 0 Å². The van der Waals surface area contributed by atoms with Crippen molar-refractivity contribution in [2.45, 2.75) is 26.8 Å². The summed E-state index contributed by atoms with van der Waals surface area (Å²) in [6, 6.07) is 3.12. The van der Waals surface area contributed by atoms with Crippen molar-refractivity contribution in [3.8, 4) is 0 Å². The number of hydrogen-bond acceptors (Lipinski definition) is 3. The second kappa shape index (κ2) is 6.96. The van der Waals surface area contributed by atoms with Crippen LogP contribution in [0, 0.1) is 5.92 Å². The number of carbonyl (C=O) groups excluding carboxylic acids is 1. The summed E-state index contributed by atoms with van der Waals surface area (Å²) in [5, 5.41) is 5.77. The predicted octanol–water partition coefficient (Wildman–Crippen LogP) is 1.05. The SMILES string of the molecule is CCCn1cc(NC(=O)C(C)CNC)ccc1=O. The fraction of sp³-hybridized carbons (Fsp3) is 0.538. The molecule has 1 heterocycles. The third-order valence-corrected chi connectivity index (χ3v) is 2.67. The summed E-state index contributed by atoms with van der Waals surface area (Å²) >= 11 is 0. The van der Waals surface area contributed by atoms with Gasteiger partial charge in [-0.15, -0.1) is 0 Å². The van der Waals surface area contributed by atoms with Crippen LogP contribution in [0.25, 0.3) is 0 Å². The van der Waals surface area contributed by atoms with Crippen molar-refractivity contribution in [1.29, 1.82) is 0 Å². The van der Waals surface area contributed by atoms with Gasteiger partial charge in [0, 0.05) is 31.3 Å². The van der Waals surface area contributed by atoms with Crippen LogP contribution < -0.4 is 16.2 Å². The maximum Gasteiger partial charge on any atom is 0.250 e. The number of pyridine rings is 1. The Morgan fingerprint density at radius 1 is 1.44 bits per heavy atom. The minimum absolute atomic E-state index is 0.0434. The number of carbonyl (C=O) groups is 1. The molecule has 1 aromatic rings. The van der Waals surface area contributed by atoms with E-state index in [0.717, 1.165) is 6.42 Å². The van der Waals surface area contributed by atoms with Crippen molar-refractivity contribution >= 4 is 11.6 Å². The van der Waals surface area contributed by atoms with Crippen molar-refractivity contribution in [3.05, 3.63) is 28.7 Å². The van der Waals surface area contributed by atoms with Crippen molar-refractivity contribution in [2.24, 2.45) is 5.92 Å². The number of nitrogens with one attached hydrogen (secondary N) is 2. The smallest absolute Gasteiger partial charge is 0.250 e. The van der Waals surface area contributed by atoms with E-state index in [-0.39, 0.29) is 17.4 Å². The van der Waals surface area contributed by atoms with Crippen LogP contribution >= 0.6 is 0 Å². The van der Waals surface area contributed by atoms with Crippen LogP contribution in [0.1, 0.15) is 20.3 Å². The molecule has 0 bridgehead atoms. The van der Waals surface area contributed by atoms with Crippen LogP contribution in [0.3, 0.4) is 0 Å². The van der Waals surface area contributed by atoms with Crippen molar-refractivity contribution in [1.82, 2.24) is 9.88 Å². The first kappa shape index (κ1) is 14.4. The molecular weight excluding hydrogens is 230 g/mol. The van der Waals surface area contributed by atoms with Gasteiger partial charge in [0.05, 0.1) is 5.69 Å². The van der Waals surface area contributed by atoms with E-state index in [0.29, 0.717) is 18.8 Å². The maximum absolute atomic E-state index is 11.8. The lowest BCUT2D eigenvalue weighted by atomic mass is 10.1. The standard InChI is InChI=1S/C13H21N3O2/c1-4-7-16-9-11(5-6-12(16)17)15-13(18)10(2)8-14-3/h5-6,9-10,14H,4,7-8H2,1-3H3,(H,15,18).